The van der Waals surface area contributed by atoms with E-state index in [1.807, 2.05) is 13.8 Å². The molecule has 0 aliphatic rings. The highest BCUT2D eigenvalue weighted by Gasteiger charge is 2.24. The highest BCUT2D eigenvalue weighted by molar-refractivity contribution is 7.91. The molecule has 2 aromatic heterocycles. The van der Waals surface area contributed by atoms with Crippen molar-refractivity contribution >= 4 is 32.2 Å². The van der Waals surface area contributed by atoms with Crippen molar-refractivity contribution in [3.63, 3.8) is 0 Å². The highest BCUT2D eigenvalue weighted by Crippen LogP contribution is 2.24. The molecule has 130 valence electrons. The maximum atomic E-state index is 12.5. The molecule has 0 spiro atoms. The molecule has 3 aromatic rings. The van der Waals surface area contributed by atoms with Gasteiger partial charge in [-0.3, -0.25) is 10.1 Å². The second-order valence-corrected chi connectivity index (χ2v) is 8.19. The van der Waals surface area contributed by atoms with Gasteiger partial charge in [0, 0.05) is 0 Å². The summed E-state index contributed by atoms with van der Waals surface area (Å²) in [4.78, 5) is 12.3. The Labute approximate surface area is 148 Å². The van der Waals surface area contributed by atoms with Gasteiger partial charge in [0.15, 0.2) is 5.76 Å². The molecule has 0 unspecified atom stereocenters. The second-order valence-electron chi connectivity index (χ2n) is 5.24. The Bertz CT molecular complexity index is 1000. The van der Waals surface area contributed by atoms with Crippen molar-refractivity contribution in [1.82, 2.24) is 10.2 Å². The number of hydrogen-bond acceptors (Lipinski definition) is 7. The van der Waals surface area contributed by atoms with Gasteiger partial charge in [0.1, 0.15) is 5.01 Å². The van der Waals surface area contributed by atoms with Crippen LogP contribution in [-0.2, 0) is 16.3 Å². The molecular weight excluding hydrogens is 362 g/mol. The largest absolute Gasteiger partial charge is 0.439 e. The minimum atomic E-state index is -3.81. The van der Waals surface area contributed by atoms with E-state index in [0.29, 0.717) is 11.6 Å². The minimum Gasteiger partial charge on any atom is -0.439 e. The molecule has 0 aliphatic carbocycles. The van der Waals surface area contributed by atoms with E-state index in [1.165, 1.54) is 35.6 Å². The third kappa shape index (κ3) is 3.62. The molecule has 1 N–H and O–H groups in total. The maximum Gasteiger partial charge on any atom is 0.293 e. The van der Waals surface area contributed by atoms with Gasteiger partial charge in [-0.25, -0.2) is 8.42 Å². The summed E-state index contributed by atoms with van der Waals surface area (Å²) in [5.74, 6) is -0.692. The second kappa shape index (κ2) is 6.77. The standard InChI is InChI=1S/C16H15N3O4S2/c1-3-13-18-19-16(24-13)17-15(20)12-8-9-14(23-12)25(21,22)11-6-4-10(2)5-7-11/h4-9H,3H2,1-2H3,(H,17,19,20). The number of amides is 1. The monoisotopic (exact) mass is 377 g/mol. The summed E-state index contributed by atoms with van der Waals surface area (Å²) >= 11 is 1.25. The Kier molecular flexibility index (Phi) is 4.69. The smallest absolute Gasteiger partial charge is 0.293 e. The topological polar surface area (TPSA) is 102 Å². The lowest BCUT2D eigenvalue weighted by Gasteiger charge is -2.02. The Hall–Kier alpha value is -2.52. The third-order valence-electron chi connectivity index (χ3n) is 3.39. The zero-order valence-electron chi connectivity index (χ0n) is 13.5. The molecule has 7 nitrogen and oxygen atoms in total. The van der Waals surface area contributed by atoms with E-state index in [-0.39, 0.29) is 15.7 Å². The molecule has 0 atom stereocenters. The number of aryl methyl sites for hydroxylation is 2. The average Bonchev–Trinajstić information content (AvgIpc) is 3.24. The van der Waals surface area contributed by atoms with E-state index < -0.39 is 15.7 Å². The van der Waals surface area contributed by atoms with Gasteiger partial charge in [-0.1, -0.05) is 36.0 Å². The zero-order valence-corrected chi connectivity index (χ0v) is 15.1. The molecule has 0 saturated carbocycles. The van der Waals surface area contributed by atoms with Gasteiger partial charge in [-0.05, 0) is 37.6 Å². The number of nitrogens with one attached hydrogen (secondary N) is 1. The van der Waals surface area contributed by atoms with Crippen molar-refractivity contribution in [2.75, 3.05) is 5.32 Å². The Balaban J connectivity index is 1.81. The van der Waals surface area contributed by atoms with Crippen molar-refractivity contribution in [2.45, 2.75) is 30.3 Å². The molecule has 3 rings (SSSR count). The lowest BCUT2D eigenvalue weighted by Crippen LogP contribution is -2.10. The van der Waals surface area contributed by atoms with Crippen LogP contribution in [0.25, 0.3) is 0 Å². The number of benzene rings is 1. The van der Waals surface area contributed by atoms with Crippen LogP contribution in [0, 0.1) is 6.92 Å². The van der Waals surface area contributed by atoms with Gasteiger partial charge in [0.2, 0.25) is 20.1 Å². The lowest BCUT2D eigenvalue weighted by molar-refractivity contribution is 0.0991. The van der Waals surface area contributed by atoms with Crippen molar-refractivity contribution in [1.29, 1.82) is 0 Å². The summed E-state index contributed by atoms with van der Waals surface area (Å²) in [6.07, 6.45) is 0.716. The fourth-order valence-corrected chi connectivity index (χ4v) is 3.87. The van der Waals surface area contributed by atoms with E-state index >= 15 is 0 Å². The molecule has 9 heteroatoms. The Morgan fingerprint density at radius 2 is 1.88 bits per heavy atom. The van der Waals surface area contributed by atoms with E-state index in [2.05, 4.69) is 15.5 Å². The molecule has 0 radical (unpaired) electrons. The molecule has 0 aliphatic heterocycles. The first-order chi connectivity index (χ1) is 11.9. The van der Waals surface area contributed by atoms with Crippen LogP contribution < -0.4 is 5.32 Å². The summed E-state index contributed by atoms with van der Waals surface area (Å²) < 4.78 is 30.3. The van der Waals surface area contributed by atoms with Gasteiger partial charge < -0.3 is 4.42 Å². The van der Waals surface area contributed by atoms with Crippen LogP contribution in [0.4, 0.5) is 5.13 Å². The van der Waals surface area contributed by atoms with Crippen LogP contribution in [-0.4, -0.2) is 24.5 Å². The molecule has 0 bridgehead atoms. The summed E-state index contributed by atoms with van der Waals surface area (Å²) in [6, 6.07) is 8.98. The van der Waals surface area contributed by atoms with Crippen LogP contribution in [0.3, 0.4) is 0 Å². The number of hydrogen-bond donors (Lipinski definition) is 1. The van der Waals surface area contributed by atoms with Crippen molar-refractivity contribution in [3.8, 4) is 0 Å². The molecule has 0 saturated heterocycles. The zero-order chi connectivity index (χ0) is 18.0. The first-order valence-corrected chi connectivity index (χ1v) is 9.75. The molecule has 1 aromatic carbocycles. The predicted octanol–water partition coefficient (Wildman–Crippen LogP) is 3.09. The van der Waals surface area contributed by atoms with Crippen LogP contribution in [0.2, 0.25) is 0 Å². The normalized spacial score (nSPS) is 11.4. The number of rotatable bonds is 5. The van der Waals surface area contributed by atoms with Crippen molar-refractivity contribution in [2.24, 2.45) is 0 Å². The predicted molar refractivity (Wildman–Crippen MR) is 92.6 cm³/mol. The fourth-order valence-electron chi connectivity index (χ4n) is 2.03. The molecular formula is C16H15N3O4S2. The molecule has 1 amide bonds. The van der Waals surface area contributed by atoms with E-state index in [0.717, 1.165) is 10.6 Å². The number of carbonyl (C=O) groups is 1. The Morgan fingerprint density at radius 3 is 2.52 bits per heavy atom. The number of carbonyl (C=O) groups excluding carboxylic acids is 1. The molecule has 0 fully saturated rings. The van der Waals surface area contributed by atoms with E-state index in [9.17, 15) is 13.2 Å². The molecule has 2 heterocycles. The first-order valence-electron chi connectivity index (χ1n) is 7.45. The average molecular weight is 377 g/mol. The van der Waals surface area contributed by atoms with Gasteiger partial charge in [-0.2, -0.15) is 0 Å². The summed E-state index contributed by atoms with van der Waals surface area (Å²) in [7, 11) is -3.81. The van der Waals surface area contributed by atoms with Crippen LogP contribution in [0.1, 0.15) is 28.0 Å². The highest BCUT2D eigenvalue weighted by atomic mass is 32.2. The number of sulfone groups is 1. The third-order valence-corrected chi connectivity index (χ3v) is 6.02. The van der Waals surface area contributed by atoms with Crippen LogP contribution >= 0.6 is 11.3 Å². The van der Waals surface area contributed by atoms with Gasteiger partial charge in [0.05, 0.1) is 4.90 Å². The van der Waals surface area contributed by atoms with Crippen molar-refractivity contribution in [3.05, 3.63) is 52.7 Å². The van der Waals surface area contributed by atoms with Crippen LogP contribution in [0.5, 0.6) is 0 Å². The number of nitrogens with zero attached hydrogens (tertiary/aromatic N) is 2. The summed E-state index contributed by atoms with van der Waals surface area (Å²) in [5.41, 5.74) is 0.946. The summed E-state index contributed by atoms with van der Waals surface area (Å²) in [6.45, 7) is 3.80. The fraction of sp³-hybridized carbons (Fsp3) is 0.188. The van der Waals surface area contributed by atoms with Crippen LogP contribution in [0.15, 0.2) is 50.8 Å². The van der Waals surface area contributed by atoms with Gasteiger partial charge in [0.25, 0.3) is 5.91 Å². The minimum absolute atomic E-state index is 0.108. The maximum absolute atomic E-state index is 12.5. The lowest BCUT2D eigenvalue weighted by atomic mass is 10.2. The van der Waals surface area contributed by atoms with E-state index in [4.69, 9.17) is 4.42 Å². The van der Waals surface area contributed by atoms with Gasteiger partial charge in [-0.15, -0.1) is 10.2 Å². The van der Waals surface area contributed by atoms with Crippen molar-refractivity contribution < 1.29 is 17.6 Å². The van der Waals surface area contributed by atoms with Gasteiger partial charge >= 0.3 is 0 Å². The quantitative estimate of drug-likeness (QED) is 0.733. The first kappa shape index (κ1) is 17.3. The summed E-state index contributed by atoms with van der Waals surface area (Å²) in [5, 5.41) is 11.1. The number of anilines is 1. The number of aromatic nitrogens is 2. The number of furan rings is 1. The Morgan fingerprint density at radius 1 is 1.16 bits per heavy atom. The SMILES string of the molecule is CCc1nnc(NC(=O)c2ccc(S(=O)(=O)c3ccc(C)cc3)o2)s1. The van der Waals surface area contributed by atoms with E-state index in [1.54, 1.807) is 12.1 Å². The molecule has 25 heavy (non-hydrogen) atoms.